The minimum Gasteiger partial charge on any atom is -0.495 e. The maximum atomic E-state index is 12.4. The molecule has 0 spiro atoms. The molecule has 0 saturated carbocycles. The van der Waals surface area contributed by atoms with Crippen molar-refractivity contribution in [2.24, 2.45) is 0 Å². The summed E-state index contributed by atoms with van der Waals surface area (Å²) in [5, 5.41) is 2.76. The quantitative estimate of drug-likeness (QED) is 0.826. The summed E-state index contributed by atoms with van der Waals surface area (Å²) in [4.78, 5) is 26.5. The van der Waals surface area contributed by atoms with E-state index in [1.807, 2.05) is 25.1 Å². The fourth-order valence-electron chi connectivity index (χ4n) is 2.86. The van der Waals surface area contributed by atoms with Crippen molar-refractivity contribution in [1.82, 2.24) is 0 Å². The molecule has 0 saturated heterocycles. The van der Waals surface area contributed by atoms with Crippen LogP contribution in [0.1, 0.15) is 39.0 Å². The van der Waals surface area contributed by atoms with Crippen LogP contribution in [0.15, 0.2) is 24.3 Å². The first-order chi connectivity index (χ1) is 12.0. The van der Waals surface area contributed by atoms with E-state index in [2.05, 4.69) is 5.32 Å². The third-order valence-corrected chi connectivity index (χ3v) is 5.43. The second kappa shape index (κ2) is 7.27. The van der Waals surface area contributed by atoms with Crippen LogP contribution in [-0.4, -0.2) is 25.1 Å². The minimum atomic E-state index is -0.894. The zero-order valence-electron chi connectivity index (χ0n) is 14.5. The molecule has 132 valence electrons. The third kappa shape index (κ3) is 3.85. The molecular weight excluding hydrogens is 338 g/mol. The number of benzene rings is 1. The molecule has 6 heteroatoms. The summed E-state index contributed by atoms with van der Waals surface area (Å²) in [6, 6.07) is 7.39. The Hall–Kier alpha value is -2.34. The summed E-state index contributed by atoms with van der Waals surface area (Å²) < 4.78 is 10.6. The lowest BCUT2D eigenvalue weighted by atomic mass is 10.2. The van der Waals surface area contributed by atoms with Crippen molar-refractivity contribution in [1.29, 1.82) is 0 Å². The van der Waals surface area contributed by atoms with Gasteiger partial charge in [-0.3, -0.25) is 4.79 Å². The number of rotatable bonds is 5. The molecule has 1 aromatic carbocycles. The van der Waals surface area contributed by atoms with Gasteiger partial charge in [0.1, 0.15) is 10.6 Å². The highest BCUT2D eigenvalue weighted by Crippen LogP contribution is 2.31. The lowest BCUT2D eigenvalue weighted by molar-refractivity contribution is -0.123. The Labute approximate surface area is 151 Å². The summed E-state index contributed by atoms with van der Waals surface area (Å²) in [5.41, 5.74) is 2.79. The van der Waals surface area contributed by atoms with E-state index in [0.717, 1.165) is 24.8 Å². The highest BCUT2D eigenvalue weighted by Gasteiger charge is 2.23. The SMILES string of the molecule is COc1ccc(C)cc1NC(=O)[C@H](C)OC(=O)c1cc2c(s1)CCC2. The molecule has 0 fully saturated rings. The van der Waals surface area contributed by atoms with Crippen LogP contribution < -0.4 is 10.1 Å². The van der Waals surface area contributed by atoms with Gasteiger partial charge in [-0.15, -0.1) is 11.3 Å². The molecule has 0 radical (unpaired) electrons. The van der Waals surface area contributed by atoms with Gasteiger partial charge in [-0.05, 0) is 62.4 Å². The molecule has 1 heterocycles. The monoisotopic (exact) mass is 359 g/mol. The van der Waals surface area contributed by atoms with E-state index in [0.29, 0.717) is 16.3 Å². The zero-order chi connectivity index (χ0) is 18.0. The Balaban J connectivity index is 1.64. The molecular formula is C19H21NO4S. The molecule has 1 N–H and O–H groups in total. The molecule has 0 unspecified atom stereocenters. The number of ether oxygens (including phenoxy) is 2. The van der Waals surface area contributed by atoms with Crippen molar-refractivity contribution in [2.45, 2.75) is 39.2 Å². The summed E-state index contributed by atoms with van der Waals surface area (Å²) in [6.45, 7) is 3.49. The van der Waals surface area contributed by atoms with Crippen LogP contribution >= 0.6 is 11.3 Å². The molecule has 1 aromatic heterocycles. The number of carbonyl (C=O) groups is 2. The van der Waals surface area contributed by atoms with E-state index in [9.17, 15) is 9.59 Å². The number of hydrogen-bond donors (Lipinski definition) is 1. The van der Waals surface area contributed by atoms with Gasteiger partial charge in [-0.1, -0.05) is 6.07 Å². The van der Waals surface area contributed by atoms with E-state index in [4.69, 9.17) is 9.47 Å². The predicted octanol–water partition coefficient (Wildman–Crippen LogP) is 3.74. The lowest BCUT2D eigenvalue weighted by Gasteiger charge is -2.15. The van der Waals surface area contributed by atoms with E-state index in [1.165, 1.54) is 21.8 Å². The van der Waals surface area contributed by atoms with Gasteiger partial charge < -0.3 is 14.8 Å². The van der Waals surface area contributed by atoms with Crippen LogP contribution in [0.25, 0.3) is 0 Å². The molecule has 0 bridgehead atoms. The predicted molar refractivity (Wildman–Crippen MR) is 97.6 cm³/mol. The van der Waals surface area contributed by atoms with Crippen molar-refractivity contribution in [3.05, 3.63) is 45.1 Å². The first-order valence-corrected chi connectivity index (χ1v) is 9.07. The van der Waals surface area contributed by atoms with E-state index >= 15 is 0 Å². The Morgan fingerprint density at radius 1 is 1.24 bits per heavy atom. The van der Waals surface area contributed by atoms with Crippen molar-refractivity contribution in [3.63, 3.8) is 0 Å². The Morgan fingerprint density at radius 2 is 2.04 bits per heavy atom. The van der Waals surface area contributed by atoms with Crippen molar-refractivity contribution in [3.8, 4) is 5.75 Å². The first kappa shape index (κ1) is 17.5. The zero-order valence-corrected chi connectivity index (χ0v) is 15.4. The number of esters is 1. The van der Waals surface area contributed by atoms with Crippen molar-refractivity contribution < 1.29 is 19.1 Å². The highest BCUT2D eigenvalue weighted by atomic mass is 32.1. The first-order valence-electron chi connectivity index (χ1n) is 8.26. The summed E-state index contributed by atoms with van der Waals surface area (Å²) in [6.07, 6.45) is 2.29. The summed E-state index contributed by atoms with van der Waals surface area (Å²) in [7, 11) is 1.54. The third-order valence-electron chi connectivity index (χ3n) is 4.21. The molecule has 1 amide bonds. The van der Waals surface area contributed by atoms with Gasteiger partial charge in [0.05, 0.1) is 12.8 Å². The highest BCUT2D eigenvalue weighted by molar-refractivity contribution is 7.14. The molecule has 0 aliphatic heterocycles. The number of amides is 1. The number of carbonyl (C=O) groups excluding carboxylic acids is 2. The van der Waals surface area contributed by atoms with Crippen molar-refractivity contribution >= 4 is 28.9 Å². The molecule has 5 nitrogen and oxygen atoms in total. The molecule has 1 aliphatic rings. The van der Waals surface area contributed by atoms with Crippen LogP contribution in [0.3, 0.4) is 0 Å². The van der Waals surface area contributed by atoms with Gasteiger partial charge in [-0.2, -0.15) is 0 Å². The van der Waals surface area contributed by atoms with Gasteiger partial charge in [0, 0.05) is 4.88 Å². The van der Waals surface area contributed by atoms with Crippen LogP contribution in [0.2, 0.25) is 0 Å². The van der Waals surface area contributed by atoms with Crippen LogP contribution in [0, 0.1) is 6.92 Å². The number of fused-ring (bicyclic) bond motifs is 1. The molecule has 25 heavy (non-hydrogen) atoms. The number of aryl methyl sites for hydroxylation is 3. The smallest absolute Gasteiger partial charge is 0.349 e. The number of thiophene rings is 1. The number of hydrogen-bond acceptors (Lipinski definition) is 5. The Kier molecular flexibility index (Phi) is 5.08. The normalized spacial score (nSPS) is 13.9. The number of anilines is 1. The van der Waals surface area contributed by atoms with Gasteiger partial charge >= 0.3 is 5.97 Å². The van der Waals surface area contributed by atoms with Crippen LogP contribution in [0.4, 0.5) is 5.69 Å². The Bertz CT molecular complexity index is 790. The van der Waals surface area contributed by atoms with Gasteiger partial charge in [0.25, 0.3) is 5.91 Å². The molecule has 3 rings (SSSR count). The average Bonchev–Trinajstić information content (AvgIpc) is 3.16. The molecule has 1 atom stereocenters. The van der Waals surface area contributed by atoms with Gasteiger partial charge in [0.2, 0.25) is 0 Å². The number of methoxy groups -OCH3 is 1. The number of nitrogens with one attached hydrogen (secondary N) is 1. The largest absolute Gasteiger partial charge is 0.495 e. The van der Waals surface area contributed by atoms with E-state index in [-0.39, 0.29) is 5.91 Å². The van der Waals surface area contributed by atoms with Gasteiger partial charge in [-0.25, -0.2) is 4.79 Å². The summed E-state index contributed by atoms with van der Waals surface area (Å²) >= 11 is 1.47. The lowest BCUT2D eigenvalue weighted by Crippen LogP contribution is -2.30. The van der Waals surface area contributed by atoms with Crippen molar-refractivity contribution in [2.75, 3.05) is 12.4 Å². The second-order valence-corrected chi connectivity index (χ2v) is 7.29. The second-order valence-electron chi connectivity index (χ2n) is 6.15. The van der Waals surface area contributed by atoms with Crippen LogP contribution in [-0.2, 0) is 22.4 Å². The fraction of sp³-hybridized carbons (Fsp3) is 0.368. The topological polar surface area (TPSA) is 64.6 Å². The maximum Gasteiger partial charge on any atom is 0.349 e. The molecule has 2 aromatic rings. The maximum absolute atomic E-state index is 12.4. The molecule has 1 aliphatic carbocycles. The van der Waals surface area contributed by atoms with Gasteiger partial charge in [0.15, 0.2) is 6.10 Å². The average molecular weight is 359 g/mol. The minimum absolute atomic E-state index is 0.388. The van der Waals surface area contributed by atoms with E-state index < -0.39 is 12.1 Å². The summed E-state index contributed by atoms with van der Waals surface area (Å²) in [5.74, 6) is -0.272. The Morgan fingerprint density at radius 3 is 2.76 bits per heavy atom. The fourth-order valence-corrected chi connectivity index (χ4v) is 3.99. The van der Waals surface area contributed by atoms with Crippen LogP contribution in [0.5, 0.6) is 5.75 Å². The standard InChI is InChI=1S/C19H21NO4S/c1-11-7-8-15(23-3)14(9-11)20-18(21)12(2)24-19(22)17-10-13-5-4-6-16(13)25-17/h7-10,12H,4-6H2,1-3H3,(H,20,21)/t12-/m0/s1. The van der Waals surface area contributed by atoms with E-state index in [1.54, 1.807) is 20.1 Å².